The summed E-state index contributed by atoms with van der Waals surface area (Å²) in [5.74, 6) is 0.117. The van der Waals surface area contributed by atoms with Crippen LogP contribution in [0.3, 0.4) is 0 Å². The third kappa shape index (κ3) is 2.18. The van der Waals surface area contributed by atoms with Gasteiger partial charge in [-0.05, 0) is 24.7 Å². The summed E-state index contributed by atoms with van der Waals surface area (Å²) in [6.07, 6.45) is 1.77. The lowest BCUT2D eigenvalue weighted by Gasteiger charge is -2.00. The number of aromatic nitrogens is 1. The van der Waals surface area contributed by atoms with E-state index in [1.54, 1.807) is 6.20 Å². The first-order chi connectivity index (χ1) is 7.72. The lowest BCUT2D eigenvalue weighted by molar-refractivity contribution is 0.0993. The van der Waals surface area contributed by atoms with Gasteiger partial charge in [-0.2, -0.15) is 0 Å². The molecule has 4 heteroatoms. The first kappa shape index (κ1) is 11.4. The number of H-pyrrole nitrogens is 1. The van der Waals surface area contributed by atoms with Gasteiger partial charge in [0, 0.05) is 27.1 Å². The third-order valence-corrected chi connectivity index (χ3v) is 2.97. The van der Waals surface area contributed by atoms with Gasteiger partial charge in [0.1, 0.15) is 0 Å². The van der Waals surface area contributed by atoms with Crippen molar-refractivity contribution in [2.24, 2.45) is 0 Å². The number of aromatic amines is 1. The van der Waals surface area contributed by atoms with Crippen LogP contribution >= 0.6 is 15.9 Å². The fourth-order valence-electron chi connectivity index (χ4n) is 1.66. The van der Waals surface area contributed by atoms with E-state index in [9.17, 15) is 4.79 Å². The van der Waals surface area contributed by atoms with Crippen molar-refractivity contribution in [3.8, 4) is 0 Å². The number of benzene rings is 1. The number of hydrogen-bond acceptors (Lipinski definition) is 2. The van der Waals surface area contributed by atoms with E-state index in [0.717, 1.165) is 27.5 Å². The van der Waals surface area contributed by atoms with E-state index in [4.69, 9.17) is 0 Å². The number of nitrogens with one attached hydrogen (secondary N) is 2. The van der Waals surface area contributed by atoms with Crippen LogP contribution in [0.5, 0.6) is 0 Å². The Kier molecular flexibility index (Phi) is 3.41. The zero-order chi connectivity index (χ0) is 11.5. The molecule has 1 heterocycles. The second kappa shape index (κ2) is 4.80. The molecule has 0 radical (unpaired) electrons. The number of carbonyl (C=O) groups is 1. The van der Waals surface area contributed by atoms with Gasteiger partial charge in [0.05, 0.1) is 6.54 Å². The molecule has 1 aromatic heterocycles. The number of fused-ring (bicyclic) bond motifs is 1. The van der Waals surface area contributed by atoms with E-state index >= 15 is 0 Å². The minimum absolute atomic E-state index is 0.117. The number of likely N-dealkylation sites (N-methyl/N-ethyl adjacent to an activating group) is 1. The van der Waals surface area contributed by atoms with Crippen molar-refractivity contribution < 1.29 is 4.79 Å². The van der Waals surface area contributed by atoms with E-state index in [2.05, 4.69) is 26.2 Å². The molecule has 84 valence electrons. The molecule has 2 N–H and O–H groups in total. The van der Waals surface area contributed by atoms with Gasteiger partial charge in [-0.25, -0.2) is 0 Å². The van der Waals surface area contributed by atoms with Crippen molar-refractivity contribution >= 4 is 32.6 Å². The largest absolute Gasteiger partial charge is 0.360 e. The van der Waals surface area contributed by atoms with E-state index in [1.807, 2.05) is 25.1 Å². The Labute approximate surface area is 102 Å². The molecule has 0 aliphatic carbocycles. The van der Waals surface area contributed by atoms with Gasteiger partial charge >= 0.3 is 0 Å². The molecule has 0 saturated heterocycles. The number of carbonyl (C=O) groups excluding carboxylic acids is 1. The molecule has 0 bridgehead atoms. The average Bonchev–Trinajstić information content (AvgIpc) is 2.68. The standard InChI is InChI=1S/C12H13BrN2O/c1-2-14-7-12(16)10-6-15-11-4-3-8(13)5-9(10)11/h3-6,14-15H,2,7H2,1H3. The lowest BCUT2D eigenvalue weighted by Crippen LogP contribution is -2.22. The summed E-state index contributed by atoms with van der Waals surface area (Å²) in [5, 5.41) is 4.01. The predicted molar refractivity (Wildman–Crippen MR) is 68.9 cm³/mol. The Morgan fingerprint density at radius 3 is 3.06 bits per heavy atom. The van der Waals surface area contributed by atoms with Crippen molar-refractivity contribution in [1.29, 1.82) is 0 Å². The minimum Gasteiger partial charge on any atom is -0.360 e. The topological polar surface area (TPSA) is 44.9 Å². The minimum atomic E-state index is 0.117. The summed E-state index contributed by atoms with van der Waals surface area (Å²) < 4.78 is 0.983. The number of Topliss-reactive ketones (excluding diaryl/α,β-unsaturated/α-hetero) is 1. The SMILES string of the molecule is CCNCC(=O)c1c[nH]c2ccc(Br)cc12. The Morgan fingerprint density at radius 2 is 2.31 bits per heavy atom. The maximum atomic E-state index is 11.9. The summed E-state index contributed by atoms with van der Waals surface area (Å²) in [4.78, 5) is 15.0. The lowest BCUT2D eigenvalue weighted by atomic mass is 10.1. The predicted octanol–water partition coefficient (Wildman–Crippen LogP) is 2.72. The molecule has 0 fully saturated rings. The van der Waals surface area contributed by atoms with Gasteiger partial charge in [-0.1, -0.05) is 22.9 Å². The molecule has 2 rings (SSSR count). The van der Waals surface area contributed by atoms with Crippen LogP contribution in [0.1, 0.15) is 17.3 Å². The zero-order valence-electron chi connectivity index (χ0n) is 9.01. The molecule has 3 nitrogen and oxygen atoms in total. The highest BCUT2D eigenvalue weighted by Crippen LogP contribution is 2.22. The Bertz CT molecular complexity index is 519. The van der Waals surface area contributed by atoms with Crippen molar-refractivity contribution in [2.75, 3.05) is 13.1 Å². The van der Waals surface area contributed by atoms with Crippen LogP contribution in [0.2, 0.25) is 0 Å². The molecule has 0 aliphatic heterocycles. The molecule has 2 aromatic rings. The molecule has 0 spiro atoms. The summed E-state index contributed by atoms with van der Waals surface area (Å²) in [6, 6.07) is 5.88. The molecule has 0 saturated carbocycles. The van der Waals surface area contributed by atoms with Gasteiger partial charge in [-0.15, -0.1) is 0 Å². The molecule has 0 aliphatic rings. The maximum absolute atomic E-state index is 11.9. The fourth-order valence-corrected chi connectivity index (χ4v) is 2.02. The molecule has 0 unspecified atom stereocenters. The highest BCUT2D eigenvalue weighted by molar-refractivity contribution is 9.10. The molecule has 1 aromatic carbocycles. The Hall–Kier alpha value is -1.13. The Balaban J connectivity index is 2.37. The van der Waals surface area contributed by atoms with E-state index in [1.165, 1.54) is 0 Å². The summed E-state index contributed by atoms with van der Waals surface area (Å²) in [7, 11) is 0. The van der Waals surface area contributed by atoms with Crippen LogP contribution in [0.25, 0.3) is 10.9 Å². The van der Waals surface area contributed by atoms with Crippen molar-refractivity contribution in [3.05, 3.63) is 34.4 Å². The molecule has 0 amide bonds. The quantitative estimate of drug-likeness (QED) is 0.846. The van der Waals surface area contributed by atoms with Gasteiger partial charge in [0.25, 0.3) is 0 Å². The highest BCUT2D eigenvalue weighted by Gasteiger charge is 2.11. The van der Waals surface area contributed by atoms with Crippen molar-refractivity contribution in [1.82, 2.24) is 10.3 Å². The van der Waals surface area contributed by atoms with Crippen LogP contribution in [0, 0.1) is 0 Å². The van der Waals surface area contributed by atoms with Gasteiger partial charge in [-0.3, -0.25) is 4.79 Å². The first-order valence-electron chi connectivity index (χ1n) is 5.23. The smallest absolute Gasteiger partial charge is 0.178 e. The fraction of sp³-hybridized carbons (Fsp3) is 0.250. The second-order valence-corrected chi connectivity index (χ2v) is 4.51. The monoisotopic (exact) mass is 280 g/mol. The van der Waals surface area contributed by atoms with E-state index in [0.29, 0.717) is 6.54 Å². The third-order valence-electron chi connectivity index (χ3n) is 2.48. The van der Waals surface area contributed by atoms with Crippen LogP contribution in [-0.4, -0.2) is 23.9 Å². The van der Waals surface area contributed by atoms with Crippen molar-refractivity contribution in [3.63, 3.8) is 0 Å². The molecular weight excluding hydrogens is 268 g/mol. The normalized spacial score (nSPS) is 10.9. The average molecular weight is 281 g/mol. The number of ketones is 1. The Morgan fingerprint density at radius 1 is 1.50 bits per heavy atom. The van der Waals surface area contributed by atoms with E-state index < -0.39 is 0 Å². The van der Waals surface area contributed by atoms with Gasteiger partial charge < -0.3 is 10.3 Å². The molecule has 0 atom stereocenters. The molecule has 16 heavy (non-hydrogen) atoms. The van der Waals surface area contributed by atoms with Gasteiger partial charge in [0.15, 0.2) is 5.78 Å². The second-order valence-electron chi connectivity index (χ2n) is 3.60. The number of rotatable bonds is 4. The first-order valence-corrected chi connectivity index (χ1v) is 6.02. The summed E-state index contributed by atoms with van der Waals surface area (Å²) in [5.41, 5.74) is 1.74. The summed E-state index contributed by atoms with van der Waals surface area (Å²) in [6.45, 7) is 3.17. The van der Waals surface area contributed by atoms with Crippen LogP contribution < -0.4 is 5.32 Å². The zero-order valence-corrected chi connectivity index (χ0v) is 10.6. The van der Waals surface area contributed by atoms with Crippen LogP contribution in [-0.2, 0) is 0 Å². The maximum Gasteiger partial charge on any atom is 0.178 e. The summed E-state index contributed by atoms with van der Waals surface area (Å²) >= 11 is 3.41. The van der Waals surface area contributed by atoms with Gasteiger partial charge in [0.2, 0.25) is 0 Å². The highest BCUT2D eigenvalue weighted by atomic mass is 79.9. The number of hydrogen-bond donors (Lipinski definition) is 2. The van der Waals surface area contributed by atoms with Crippen LogP contribution in [0.4, 0.5) is 0 Å². The molecular formula is C12H13BrN2O. The van der Waals surface area contributed by atoms with Crippen molar-refractivity contribution in [2.45, 2.75) is 6.92 Å². The van der Waals surface area contributed by atoms with Crippen LogP contribution in [0.15, 0.2) is 28.9 Å². The van der Waals surface area contributed by atoms with E-state index in [-0.39, 0.29) is 5.78 Å². The number of halogens is 1.